The van der Waals surface area contributed by atoms with Crippen LogP contribution in [-0.4, -0.2) is 21.3 Å². The number of carboxylic acid groups (broad SMARTS) is 1. The second kappa shape index (κ2) is 6.49. The normalized spacial score (nSPS) is 10.9. The zero-order chi connectivity index (χ0) is 17.3. The van der Waals surface area contributed by atoms with Gasteiger partial charge >= 0.3 is 0 Å². The van der Waals surface area contributed by atoms with Crippen LogP contribution in [0.1, 0.15) is 11.1 Å². The van der Waals surface area contributed by atoms with Crippen molar-refractivity contribution in [2.45, 2.75) is 19.0 Å². The number of carbonyl (C=O) groups excluding carboxylic acids is 1. The number of benzene rings is 2. The SMILES string of the molecule is Cc1ccc(-n2c(SCC(=O)[O-])nc3ccccc3c2=O)c(C)c1. The van der Waals surface area contributed by atoms with Crippen LogP contribution in [0.15, 0.2) is 52.4 Å². The molecule has 0 bridgehead atoms. The number of para-hydroxylation sites is 1. The molecule has 3 aromatic rings. The average molecular weight is 339 g/mol. The van der Waals surface area contributed by atoms with Crippen molar-refractivity contribution in [3.63, 3.8) is 0 Å². The number of carboxylic acids is 1. The van der Waals surface area contributed by atoms with Crippen LogP contribution < -0.4 is 10.7 Å². The Labute approximate surface area is 143 Å². The molecule has 0 radical (unpaired) electrons. The Balaban J connectivity index is 2.30. The van der Waals surface area contributed by atoms with Gasteiger partial charge in [0.25, 0.3) is 5.56 Å². The van der Waals surface area contributed by atoms with Crippen molar-refractivity contribution in [3.8, 4) is 5.69 Å². The van der Waals surface area contributed by atoms with Crippen LogP contribution in [0.5, 0.6) is 0 Å². The zero-order valence-electron chi connectivity index (χ0n) is 13.3. The highest BCUT2D eigenvalue weighted by atomic mass is 32.2. The van der Waals surface area contributed by atoms with Gasteiger partial charge in [-0.15, -0.1) is 0 Å². The molecule has 6 heteroatoms. The minimum atomic E-state index is -1.20. The second-order valence-corrected chi connectivity index (χ2v) is 6.45. The molecule has 0 N–H and O–H groups in total. The van der Waals surface area contributed by atoms with E-state index < -0.39 is 5.97 Å². The quantitative estimate of drug-likeness (QED) is 0.536. The Morgan fingerprint density at radius 2 is 1.96 bits per heavy atom. The molecular weight excluding hydrogens is 324 g/mol. The number of aliphatic carboxylic acids is 1. The number of nitrogens with zero attached hydrogens (tertiary/aromatic N) is 2. The molecule has 122 valence electrons. The number of rotatable bonds is 4. The van der Waals surface area contributed by atoms with Crippen LogP contribution in [-0.2, 0) is 4.79 Å². The van der Waals surface area contributed by atoms with Gasteiger partial charge in [-0.25, -0.2) is 4.98 Å². The zero-order valence-corrected chi connectivity index (χ0v) is 14.1. The summed E-state index contributed by atoms with van der Waals surface area (Å²) >= 11 is 0.982. The van der Waals surface area contributed by atoms with Gasteiger partial charge in [-0.05, 0) is 37.6 Å². The van der Waals surface area contributed by atoms with Gasteiger partial charge in [0.2, 0.25) is 0 Å². The van der Waals surface area contributed by atoms with Gasteiger partial charge in [-0.2, -0.15) is 0 Å². The van der Waals surface area contributed by atoms with E-state index in [1.165, 1.54) is 4.57 Å². The van der Waals surface area contributed by atoms with E-state index in [2.05, 4.69) is 4.98 Å². The molecular formula is C18H15N2O3S-. The number of hydrogen-bond acceptors (Lipinski definition) is 5. The van der Waals surface area contributed by atoms with E-state index in [4.69, 9.17) is 0 Å². The highest BCUT2D eigenvalue weighted by Crippen LogP contribution is 2.23. The Morgan fingerprint density at radius 3 is 2.67 bits per heavy atom. The third-order valence-electron chi connectivity index (χ3n) is 3.66. The number of carbonyl (C=O) groups is 1. The number of fused-ring (bicyclic) bond motifs is 1. The lowest BCUT2D eigenvalue weighted by atomic mass is 10.1. The average Bonchev–Trinajstić information content (AvgIpc) is 2.54. The minimum absolute atomic E-state index is 0.214. The van der Waals surface area contributed by atoms with Gasteiger partial charge in [-0.1, -0.05) is 41.6 Å². The third kappa shape index (κ3) is 3.05. The van der Waals surface area contributed by atoms with E-state index in [1.807, 2.05) is 32.0 Å². The summed E-state index contributed by atoms with van der Waals surface area (Å²) in [5, 5.41) is 11.7. The standard InChI is InChI=1S/C18H16N2O3S/c1-11-7-8-15(12(2)9-11)20-17(23)13-5-3-4-6-14(13)19-18(20)24-10-16(21)22/h3-9H,10H2,1-2H3,(H,21,22)/p-1. The van der Waals surface area contributed by atoms with E-state index in [-0.39, 0.29) is 11.3 Å². The molecule has 0 fully saturated rings. The minimum Gasteiger partial charge on any atom is -0.549 e. The van der Waals surface area contributed by atoms with Crippen molar-refractivity contribution >= 4 is 28.6 Å². The molecule has 0 spiro atoms. The Kier molecular flexibility index (Phi) is 4.40. The molecule has 0 saturated heterocycles. The predicted molar refractivity (Wildman–Crippen MR) is 92.5 cm³/mol. The lowest BCUT2D eigenvalue weighted by molar-refractivity contribution is -0.301. The molecule has 0 atom stereocenters. The topological polar surface area (TPSA) is 75.0 Å². The molecule has 0 aliphatic rings. The fraction of sp³-hybridized carbons (Fsp3) is 0.167. The van der Waals surface area contributed by atoms with Gasteiger partial charge in [0, 0.05) is 5.75 Å². The summed E-state index contributed by atoms with van der Waals surface area (Å²) in [6.45, 7) is 3.89. The Hall–Kier alpha value is -2.60. The van der Waals surface area contributed by atoms with Crippen LogP contribution in [0, 0.1) is 13.8 Å². The van der Waals surface area contributed by atoms with Gasteiger partial charge in [0.05, 0.1) is 22.6 Å². The number of hydrogen-bond donors (Lipinski definition) is 0. The molecule has 24 heavy (non-hydrogen) atoms. The van der Waals surface area contributed by atoms with Crippen molar-refractivity contribution < 1.29 is 9.90 Å². The molecule has 2 aromatic carbocycles. The summed E-state index contributed by atoms with van der Waals surface area (Å²) in [6.07, 6.45) is 0. The first kappa shape index (κ1) is 16.3. The Morgan fingerprint density at radius 1 is 1.21 bits per heavy atom. The van der Waals surface area contributed by atoms with Crippen LogP contribution >= 0.6 is 11.8 Å². The first-order valence-electron chi connectivity index (χ1n) is 7.39. The van der Waals surface area contributed by atoms with Crippen LogP contribution in [0.3, 0.4) is 0 Å². The van der Waals surface area contributed by atoms with Crippen molar-refractivity contribution in [2.24, 2.45) is 0 Å². The maximum atomic E-state index is 13.0. The summed E-state index contributed by atoms with van der Waals surface area (Å²) in [5.41, 5.74) is 3.04. The van der Waals surface area contributed by atoms with Crippen LogP contribution in [0.2, 0.25) is 0 Å². The van der Waals surface area contributed by atoms with Crippen LogP contribution in [0.4, 0.5) is 0 Å². The molecule has 5 nitrogen and oxygen atoms in total. The molecule has 1 aromatic heterocycles. The predicted octanol–water partition coefficient (Wildman–Crippen LogP) is 1.84. The molecule has 0 aliphatic carbocycles. The lowest BCUT2D eigenvalue weighted by Gasteiger charge is -2.15. The highest BCUT2D eigenvalue weighted by molar-refractivity contribution is 7.99. The van der Waals surface area contributed by atoms with E-state index in [9.17, 15) is 14.7 Å². The fourth-order valence-corrected chi connectivity index (χ4v) is 3.32. The lowest BCUT2D eigenvalue weighted by Crippen LogP contribution is -2.26. The molecule has 3 rings (SSSR count). The summed E-state index contributed by atoms with van der Waals surface area (Å²) in [5.74, 6) is -1.47. The summed E-state index contributed by atoms with van der Waals surface area (Å²) in [4.78, 5) is 28.3. The highest BCUT2D eigenvalue weighted by Gasteiger charge is 2.14. The molecule has 0 amide bonds. The Bertz CT molecular complexity index is 995. The van der Waals surface area contributed by atoms with Crippen molar-refractivity contribution in [2.75, 3.05) is 5.75 Å². The van der Waals surface area contributed by atoms with E-state index in [0.29, 0.717) is 21.7 Å². The van der Waals surface area contributed by atoms with Crippen molar-refractivity contribution in [1.29, 1.82) is 0 Å². The number of thioether (sulfide) groups is 1. The summed E-state index contributed by atoms with van der Waals surface area (Å²) in [6, 6.07) is 12.8. The summed E-state index contributed by atoms with van der Waals surface area (Å²) in [7, 11) is 0. The molecule has 0 saturated carbocycles. The molecule has 0 unspecified atom stereocenters. The largest absolute Gasteiger partial charge is 0.549 e. The van der Waals surface area contributed by atoms with Crippen LogP contribution in [0.25, 0.3) is 16.6 Å². The maximum Gasteiger partial charge on any atom is 0.266 e. The van der Waals surface area contributed by atoms with Crippen molar-refractivity contribution in [3.05, 3.63) is 63.9 Å². The monoisotopic (exact) mass is 339 g/mol. The first-order valence-corrected chi connectivity index (χ1v) is 8.38. The third-order valence-corrected chi connectivity index (χ3v) is 4.57. The second-order valence-electron chi connectivity index (χ2n) is 5.50. The van der Waals surface area contributed by atoms with E-state index >= 15 is 0 Å². The van der Waals surface area contributed by atoms with Gasteiger partial charge in [-0.3, -0.25) is 9.36 Å². The smallest absolute Gasteiger partial charge is 0.266 e. The maximum absolute atomic E-state index is 13.0. The first-order chi connectivity index (χ1) is 11.5. The van der Waals surface area contributed by atoms with E-state index in [1.54, 1.807) is 24.3 Å². The fourth-order valence-electron chi connectivity index (χ4n) is 2.60. The van der Waals surface area contributed by atoms with Crippen molar-refractivity contribution in [1.82, 2.24) is 9.55 Å². The van der Waals surface area contributed by atoms with Gasteiger partial charge in [0.1, 0.15) is 0 Å². The number of aryl methyl sites for hydroxylation is 2. The summed E-state index contributed by atoms with van der Waals surface area (Å²) < 4.78 is 1.48. The molecule has 1 heterocycles. The number of aromatic nitrogens is 2. The van der Waals surface area contributed by atoms with Gasteiger partial charge in [0.15, 0.2) is 5.16 Å². The van der Waals surface area contributed by atoms with Gasteiger partial charge < -0.3 is 9.90 Å². The van der Waals surface area contributed by atoms with E-state index in [0.717, 1.165) is 22.9 Å². The molecule has 0 aliphatic heterocycles.